The molecule has 2 nitrogen and oxygen atoms in total. The molecular weight excluding hydrogens is 226 g/mol. The highest BCUT2D eigenvalue weighted by atomic mass is 35.5. The molecule has 0 bridgehead atoms. The monoisotopic (exact) mass is 237 g/mol. The van der Waals surface area contributed by atoms with Crippen LogP contribution in [0.2, 0.25) is 4.34 Å². The summed E-state index contributed by atoms with van der Waals surface area (Å²) in [6.45, 7) is 0.631. The predicted molar refractivity (Wildman–Crippen MR) is 60.0 cm³/mol. The lowest BCUT2D eigenvalue weighted by atomic mass is 10.4. The van der Waals surface area contributed by atoms with Crippen LogP contribution in [0.1, 0.15) is 0 Å². The second kappa shape index (κ2) is 5.88. The zero-order chi connectivity index (χ0) is 9.68. The Hall–Kier alpha value is 0.260. The number of nitrogens with one attached hydrogen (secondary N) is 1. The molecule has 1 rings (SSSR count). The first-order valence-corrected chi connectivity index (χ1v) is 6.11. The number of rotatable bonds is 5. The third-order valence-corrected chi connectivity index (χ3v) is 4.01. The number of aliphatic hydroxyl groups is 1. The Morgan fingerprint density at radius 1 is 1.69 bits per heavy atom. The minimum absolute atomic E-state index is 0.295. The first-order chi connectivity index (χ1) is 6.22. The molecule has 0 aliphatic heterocycles. The van der Waals surface area contributed by atoms with Crippen molar-refractivity contribution >= 4 is 34.7 Å². The third kappa shape index (κ3) is 4.33. The lowest BCUT2D eigenvalue weighted by molar-refractivity contribution is 0.199. The maximum absolute atomic E-state index is 9.41. The number of likely N-dealkylation sites (N-methyl/N-ethyl adjacent to an activating group) is 1. The average Bonchev–Trinajstić information content (AvgIpc) is 2.49. The van der Waals surface area contributed by atoms with Crippen LogP contribution in [-0.2, 0) is 0 Å². The number of hydrogen-bond donors (Lipinski definition) is 2. The summed E-state index contributed by atoms with van der Waals surface area (Å²) in [5.74, 6) is 0.706. The highest BCUT2D eigenvalue weighted by molar-refractivity contribution is 8.01. The summed E-state index contributed by atoms with van der Waals surface area (Å²) in [6, 6.07) is 3.85. The van der Waals surface area contributed by atoms with Gasteiger partial charge in [0.05, 0.1) is 14.6 Å². The zero-order valence-corrected chi connectivity index (χ0v) is 9.68. The van der Waals surface area contributed by atoms with Gasteiger partial charge in [-0.15, -0.1) is 23.1 Å². The molecule has 5 heteroatoms. The Morgan fingerprint density at radius 2 is 2.46 bits per heavy atom. The maximum atomic E-state index is 9.41. The minimum atomic E-state index is -0.295. The second-order valence-corrected chi connectivity index (χ2v) is 5.62. The van der Waals surface area contributed by atoms with Gasteiger partial charge in [0.15, 0.2) is 0 Å². The Kier molecular flexibility index (Phi) is 5.13. The van der Waals surface area contributed by atoms with Gasteiger partial charge in [0.2, 0.25) is 0 Å². The van der Waals surface area contributed by atoms with E-state index in [4.69, 9.17) is 11.6 Å². The molecule has 74 valence electrons. The number of hydrogen-bond acceptors (Lipinski definition) is 4. The van der Waals surface area contributed by atoms with E-state index in [0.29, 0.717) is 12.3 Å². The largest absolute Gasteiger partial charge is 0.391 e. The van der Waals surface area contributed by atoms with Gasteiger partial charge >= 0.3 is 0 Å². The minimum Gasteiger partial charge on any atom is -0.391 e. The summed E-state index contributed by atoms with van der Waals surface area (Å²) >= 11 is 8.95. The lowest BCUT2D eigenvalue weighted by Gasteiger charge is -2.07. The van der Waals surface area contributed by atoms with Gasteiger partial charge in [-0.25, -0.2) is 0 Å². The van der Waals surface area contributed by atoms with Crippen LogP contribution in [0.5, 0.6) is 0 Å². The van der Waals surface area contributed by atoms with E-state index in [1.165, 1.54) is 0 Å². The van der Waals surface area contributed by atoms with Crippen molar-refractivity contribution in [3.8, 4) is 0 Å². The van der Waals surface area contributed by atoms with Crippen molar-refractivity contribution in [1.82, 2.24) is 5.32 Å². The van der Waals surface area contributed by atoms with Gasteiger partial charge in [-0.05, 0) is 19.2 Å². The molecule has 1 aromatic rings. The zero-order valence-electron chi connectivity index (χ0n) is 7.29. The van der Waals surface area contributed by atoms with E-state index in [9.17, 15) is 5.11 Å². The maximum Gasteiger partial charge on any atom is 0.0940 e. The lowest BCUT2D eigenvalue weighted by Crippen LogP contribution is -2.25. The van der Waals surface area contributed by atoms with Crippen LogP contribution in [0.15, 0.2) is 16.3 Å². The highest BCUT2D eigenvalue weighted by Crippen LogP contribution is 2.30. The van der Waals surface area contributed by atoms with Gasteiger partial charge in [-0.1, -0.05) is 11.6 Å². The van der Waals surface area contributed by atoms with Crippen LogP contribution in [0.25, 0.3) is 0 Å². The number of thiophene rings is 1. The fraction of sp³-hybridized carbons (Fsp3) is 0.500. The van der Waals surface area contributed by atoms with Crippen LogP contribution in [0.3, 0.4) is 0 Å². The molecule has 0 saturated carbocycles. The highest BCUT2D eigenvalue weighted by Gasteiger charge is 2.04. The van der Waals surface area contributed by atoms with Gasteiger partial charge in [-0.3, -0.25) is 0 Å². The van der Waals surface area contributed by atoms with Crippen LogP contribution in [0, 0.1) is 0 Å². The summed E-state index contributed by atoms with van der Waals surface area (Å²) in [5, 5.41) is 12.3. The van der Waals surface area contributed by atoms with E-state index in [-0.39, 0.29) is 6.10 Å². The molecule has 1 heterocycles. The van der Waals surface area contributed by atoms with Crippen LogP contribution in [-0.4, -0.2) is 30.6 Å². The van der Waals surface area contributed by atoms with E-state index < -0.39 is 0 Å². The summed E-state index contributed by atoms with van der Waals surface area (Å²) < 4.78 is 1.95. The summed E-state index contributed by atoms with van der Waals surface area (Å²) in [4.78, 5) is 0. The first-order valence-electron chi connectivity index (χ1n) is 3.93. The van der Waals surface area contributed by atoms with E-state index in [0.717, 1.165) is 8.55 Å². The normalized spacial score (nSPS) is 13.2. The first kappa shape index (κ1) is 11.3. The molecular formula is C8H12ClNOS2. The molecule has 0 saturated heterocycles. The molecule has 13 heavy (non-hydrogen) atoms. The van der Waals surface area contributed by atoms with Crippen molar-refractivity contribution in [1.29, 1.82) is 0 Å². The quantitative estimate of drug-likeness (QED) is 0.770. The van der Waals surface area contributed by atoms with E-state index in [1.54, 1.807) is 23.1 Å². The second-order valence-electron chi connectivity index (χ2n) is 2.58. The molecule has 1 aromatic heterocycles. The Balaban J connectivity index is 2.26. The summed E-state index contributed by atoms with van der Waals surface area (Å²) in [7, 11) is 1.83. The molecule has 0 fully saturated rings. The molecule has 2 N–H and O–H groups in total. The smallest absolute Gasteiger partial charge is 0.0940 e. The van der Waals surface area contributed by atoms with Crippen LogP contribution >= 0.6 is 34.7 Å². The molecule has 0 aliphatic carbocycles. The van der Waals surface area contributed by atoms with Gasteiger partial charge in [0.1, 0.15) is 0 Å². The van der Waals surface area contributed by atoms with E-state index in [1.807, 2.05) is 19.2 Å². The van der Waals surface area contributed by atoms with Gasteiger partial charge in [0, 0.05) is 12.3 Å². The molecule has 1 unspecified atom stereocenters. The summed E-state index contributed by atoms with van der Waals surface area (Å²) in [5.41, 5.74) is 0. The number of aliphatic hydroxyl groups excluding tert-OH is 1. The van der Waals surface area contributed by atoms with Crippen LogP contribution < -0.4 is 5.32 Å². The predicted octanol–water partition coefficient (Wildman–Crippen LogP) is 2.07. The Labute approximate surface area is 91.3 Å². The number of halogens is 1. The van der Waals surface area contributed by atoms with E-state index in [2.05, 4.69) is 5.32 Å². The van der Waals surface area contributed by atoms with Crippen molar-refractivity contribution in [2.75, 3.05) is 19.3 Å². The van der Waals surface area contributed by atoms with Crippen molar-refractivity contribution in [3.05, 3.63) is 16.5 Å². The fourth-order valence-electron chi connectivity index (χ4n) is 0.848. The van der Waals surface area contributed by atoms with Crippen LogP contribution in [0.4, 0.5) is 0 Å². The van der Waals surface area contributed by atoms with Gasteiger partial charge in [-0.2, -0.15) is 0 Å². The third-order valence-electron chi connectivity index (χ3n) is 1.41. The Morgan fingerprint density at radius 3 is 3.00 bits per heavy atom. The molecule has 0 aliphatic rings. The Bertz CT molecular complexity index is 254. The van der Waals surface area contributed by atoms with Crippen molar-refractivity contribution in [2.24, 2.45) is 0 Å². The van der Waals surface area contributed by atoms with Crippen molar-refractivity contribution in [3.63, 3.8) is 0 Å². The van der Waals surface area contributed by atoms with E-state index >= 15 is 0 Å². The fourth-order valence-corrected chi connectivity index (χ4v) is 3.11. The molecule has 0 aromatic carbocycles. The SMILES string of the molecule is CNCC(O)CSc1ccc(Cl)s1. The van der Waals surface area contributed by atoms with Gasteiger partial charge in [0.25, 0.3) is 0 Å². The standard InChI is InChI=1S/C8H12ClNOS2/c1-10-4-6(11)5-12-8-3-2-7(9)13-8/h2-3,6,10-11H,4-5H2,1H3. The topological polar surface area (TPSA) is 32.3 Å². The molecule has 1 atom stereocenters. The van der Waals surface area contributed by atoms with Crippen molar-refractivity contribution in [2.45, 2.75) is 10.3 Å². The number of thioether (sulfide) groups is 1. The van der Waals surface area contributed by atoms with Crippen molar-refractivity contribution < 1.29 is 5.11 Å². The summed E-state index contributed by atoms with van der Waals surface area (Å²) in [6.07, 6.45) is -0.295. The van der Waals surface area contributed by atoms with Gasteiger partial charge < -0.3 is 10.4 Å². The molecule has 0 spiro atoms. The average molecular weight is 238 g/mol. The molecule has 0 radical (unpaired) electrons. The molecule has 0 amide bonds.